The van der Waals surface area contributed by atoms with E-state index in [1.807, 2.05) is 6.08 Å². The fraction of sp³-hybridized carbons (Fsp3) is 0.429. The number of hydrogen-bond acceptors (Lipinski definition) is 2. The maximum absolute atomic E-state index is 13.5. The zero-order valence-corrected chi connectivity index (χ0v) is 10.8. The van der Waals surface area contributed by atoms with Crippen LogP contribution in [0.3, 0.4) is 0 Å². The predicted molar refractivity (Wildman–Crippen MR) is 69.4 cm³/mol. The number of methoxy groups -OCH3 is 1. The summed E-state index contributed by atoms with van der Waals surface area (Å²) in [6.07, 6.45) is 2.67. The van der Waals surface area contributed by atoms with E-state index in [-0.39, 0.29) is 0 Å². The van der Waals surface area contributed by atoms with Crippen LogP contribution < -0.4 is 5.32 Å². The van der Waals surface area contributed by atoms with Crippen LogP contribution in [0, 0.1) is 11.6 Å². The first-order valence-electron chi connectivity index (χ1n) is 5.97. The molecule has 0 bridgehead atoms. The van der Waals surface area contributed by atoms with Crippen molar-refractivity contribution in [1.29, 1.82) is 0 Å². The SMILES string of the molecule is COCCNCCC=C(C)c1cccc(F)c1F. The molecule has 1 aromatic carbocycles. The minimum Gasteiger partial charge on any atom is -0.383 e. The molecular weight excluding hydrogens is 236 g/mol. The van der Waals surface area contributed by atoms with Crippen LogP contribution in [0.15, 0.2) is 24.3 Å². The Morgan fingerprint density at radius 3 is 2.83 bits per heavy atom. The molecule has 0 amide bonds. The first-order valence-corrected chi connectivity index (χ1v) is 5.97. The van der Waals surface area contributed by atoms with Crippen molar-refractivity contribution in [3.63, 3.8) is 0 Å². The molecule has 0 atom stereocenters. The Labute approximate surface area is 107 Å². The van der Waals surface area contributed by atoms with Crippen molar-refractivity contribution in [2.75, 3.05) is 26.8 Å². The Balaban J connectivity index is 2.48. The van der Waals surface area contributed by atoms with E-state index in [9.17, 15) is 8.78 Å². The van der Waals surface area contributed by atoms with Gasteiger partial charge in [0.1, 0.15) is 0 Å². The topological polar surface area (TPSA) is 21.3 Å². The molecule has 0 aromatic heterocycles. The van der Waals surface area contributed by atoms with E-state index in [1.54, 1.807) is 20.1 Å². The number of rotatable bonds is 7. The fourth-order valence-corrected chi connectivity index (χ4v) is 1.61. The smallest absolute Gasteiger partial charge is 0.166 e. The molecule has 2 nitrogen and oxygen atoms in total. The van der Waals surface area contributed by atoms with Crippen molar-refractivity contribution in [2.24, 2.45) is 0 Å². The molecule has 0 saturated carbocycles. The van der Waals surface area contributed by atoms with Crippen LogP contribution in [0.2, 0.25) is 0 Å². The zero-order chi connectivity index (χ0) is 13.4. The second-order valence-electron chi connectivity index (χ2n) is 4.02. The average Bonchev–Trinajstić information content (AvgIpc) is 2.36. The summed E-state index contributed by atoms with van der Waals surface area (Å²) in [6, 6.07) is 4.23. The van der Waals surface area contributed by atoms with Gasteiger partial charge in [0.15, 0.2) is 11.6 Å². The molecular formula is C14H19F2NO. The quantitative estimate of drug-likeness (QED) is 0.756. The highest BCUT2D eigenvalue weighted by Crippen LogP contribution is 2.20. The van der Waals surface area contributed by atoms with Gasteiger partial charge in [0.2, 0.25) is 0 Å². The Kier molecular flexibility index (Phi) is 6.54. The van der Waals surface area contributed by atoms with Gasteiger partial charge in [0, 0.05) is 19.2 Å². The van der Waals surface area contributed by atoms with E-state index in [2.05, 4.69) is 5.32 Å². The molecule has 4 heteroatoms. The van der Waals surface area contributed by atoms with E-state index >= 15 is 0 Å². The van der Waals surface area contributed by atoms with Crippen LogP contribution in [-0.2, 0) is 4.74 Å². The summed E-state index contributed by atoms with van der Waals surface area (Å²) < 4.78 is 31.4. The summed E-state index contributed by atoms with van der Waals surface area (Å²) in [5, 5.41) is 3.18. The van der Waals surface area contributed by atoms with Crippen molar-refractivity contribution < 1.29 is 13.5 Å². The molecule has 0 aliphatic rings. The third kappa shape index (κ3) is 4.55. The number of benzene rings is 1. The summed E-state index contributed by atoms with van der Waals surface area (Å²) in [4.78, 5) is 0. The molecule has 0 fully saturated rings. The molecule has 0 aliphatic carbocycles. The maximum atomic E-state index is 13.5. The molecule has 0 saturated heterocycles. The monoisotopic (exact) mass is 255 g/mol. The van der Waals surface area contributed by atoms with Gasteiger partial charge in [-0.05, 0) is 31.5 Å². The molecule has 1 N–H and O–H groups in total. The van der Waals surface area contributed by atoms with Crippen molar-refractivity contribution in [3.8, 4) is 0 Å². The summed E-state index contributed by atoms with van der Waals surface area (Å²) in [7, 11) is 1.65. The second kappa shape index (κ2) is 7.95. The van der Waals surface area contributed by atoms with E-state index < -0.39 is 11.6 Å². The van der Waals surface area contributed by atoms with E-state index in [4.69, 9.17) is 4.74 Å². The van der Waals surface area contributed by atoms with Gasteiger partial charge in [-0.15, -0.1) is 0 Å². The van der Waals surface area contributed by atoms with Gasteiger partial charge in [0.25, 0.3) is 0 Å². The third-order valence-electron chi connectivity index (χ3n) is 2.63. The van der Waals surface area contributed by atoms with Gasteiger partial charge < -0.3 is 10.1 Å². The zero-order valence-electron chi connectivity index (χ0n) is 10.8. The minimum absolute atomic E-state index is 0.326. The molecule has 0 unspecified atom stereocenters. The highest BCUT2D eigenvalue weighted by Gasteiger charge is 2.08. The van der Waals surface area contributed by atoms with Gasteiger partial charge in [-0.1, -0.05) is 18.2 Å². The lowest BCUT2D eigenvalue weighted by atomic mass is 10.1. The van der Waals surface area contributed by atoms with E-state index in [1.165, 1.54) is 6.07 Å². The van der Waals surface area contributed by atoms with Crippen molar-refractivity contribution in [1.82, 2.24) is 5.32 Å². The van der Waals surface area contributed by atoms with Gasteiger partial charge >= 0.3 is 0 Å². The van der Waals surface area contributed by atoms with Crippen molar-refractivity contribution in [3.05, 3.63) is 41.5 Å². The number of halogens is 2. The number of nitrogens with one attached hydrogen (secondary N) is 1. The van der Waals surface area contributed by atoms with Crippen LogP contribution in [0.5, 0.6) is 0 Å². The van der Waals surface area contributed by atoms with Crippen molar-refractivity contribution in [2.45, 2.75) is 13.3 Å². The number of allylic oxidation sites excluding steroid dienone is 1. The molecule has 0 radical (unpaired) electrons. The van der Waals surface area contributed by atoms with Gasteiger partial charge in [-0.25, -0.2) is 8.78 Å². The van der Waals surface area contributed by atoms with E-state index in [0.29, 0.717) is 12.2 Å². The van der Waals surface area contributed by atoms with Gasteiger partial charge in [-0.3, -0.25) is 0 Å². The summed E-state index contributed by atoms with van der Waals surface area (Å²) in [5.74, 6) is -1.59. The molecule has 100 valence electrons. The van der Waals surface area contributed by atoms with Crippen molar-refractivity contribution >= 4 is 5.57 Å². The van der Waals surface area contributed by atoms with Crippen LogP contribution in [0.25, 0.3) is 5.57 Å². The molecule has 0 heterocycles. The lowest BCUT2D eigenvalue weighted by molar-refractivity contribution is 0.199. The predicted octanol–water partition coefficient (Wildman–Crippen LogP) is 2.99. The number of hydrogen-bond donors (Lipinski definition) is 1. The summed E-state index contributed by atoms with van der Waals surface area (Å²) in [5.41, 5.74) is 1.08. The molecule has 0 spiro atoms. The molecule has 1 rings (SSSR count). The Morgan fingerprint density at radius 1 is 1.33 bits per heavy atom. The largest absolute Gasteiger partial charge is 0.383 e. The second-order valence-corrected chi connectivity index (χ2v) is 4.02. The van der Waals surface area contributed by atoms with Gasteiger partial charge in [0.05, 0.1) is 6.61 Å². The van der Waals surface area contributed by atoms with Crippen LogP contribution >= 0.6 is 0 Å². The Morgan fingerprint density at radius 2 is 2.11 bits per heavy atom. The first-order chi connectivity index (χ1) is 8.66. The normalized spacial score (nSPS) is 11.9. The Bertz CT molecular complexity index is 405. The fourth-order valence-electron chi connectivity index (χ4n) is 1.61. The lowest BCUT2D eigenvalue weighted by Gasteiger charge is -2.05. The minimum atomic E-state index is -0.807. The highest BCUT2D eigenvalue weighted by molar-refractivity contribution is 5.64. The lowest BCUT2D eigenvalue weighted by Crippen LogP contribution is -2.19. The standard InChI is InChI=1S/C14H19F2NO/c1-11(5-4-8-17-9-10-18-2)12-6-3-7-13(15)14(12)16/h3,5-7,17H,4,8-10H2,1-2H3. The van der Waals surface area contributed by atoms with Crippen LogP contribution in [0.1, 0.15) is 18.9 Å². The van der Waals surface area contributed by atoms with Crippen LogP contribution in [0.4, 0.5) is 8.78 Å². The van der Waals surface area contributed by atoms with Gasteiger partial charge in [-0.2, -0.15) is 0 Å². The summed E-state index contributed by atoms with van der Waals surface area (Å²) in [6.45, 7) is 4.03. The van der Waals surface area contributed by atoms with E-state index in [0.717, 1.165) is 31.1 Å². The highest BCUT2D eigenvalue weighted by atomic mass is 19.2. The maximum Gasteiger partial charge on any atom is 0.166 e. The number of ether oxygens (including phenoxy) is 1. The average molecular weight is 255 g/mol. The first kappa shape index (κ1) is 14.8. The summed E-state index contributed by atoms with van der Waals surface area (Å²) >= 11 is 0. The molecule has 18 heavy (non-hydrogen) atoms. The molecule has 1 aromatic rings. The molecule has 0 aliphatic heterocycles. The van der Waals surface area contributed by atoms with Crippen LogP contribution in [-0.4, -0.2) is 26.8 Å². The third-order valence-corrected chi connectivity index (χ3v) is 2.63. The Hall–Kier alpha value is -1.26.